The molecule has 0 radical (unpaired) electrons. The molecule has 3 N–H and O–H groups in total. The minimum absolute atomic E-state index is 0.105. The minimum Gasteiger partial charge on any atom is -0.319 e. The van der Waals surface area contributed by atoms with E-state index in [0.717, 1.165) is 0 Å². The molecular formula is C18H18FN5O3S. The van der Waals surface area contributed by atoms with Crippen LogP contribution in [0, 0.1) is 26.6 Å². The molecule has 0 atom stereocenters. The summed E-state index contributed by atoms with van der Waals surface area (Å²) in [4.78, 5) is 16.6. The number of primary sulfonamides is 1. The van der Waals surface area contributed by atoms with Gasteiger partial charge in [-0.05, 0) is 68.3 Å². The maximum absolute atomic E-state index is 13.1. The third kappa shape index (κ3) is 3.92. The molecule has 3 aromatic rings. The van der Waals surface area contributed by atoms with Crippen LogP contribution >= 0.6 is 0 Å². The minimum atomic E-state index is -3.92. The van der Waals surface area contributed by atoms with Gasteiger partial charge in [0, 0.05) is 5.69 Å². The number of benzene rings is 2. The van der Waals surface area contributed by atoms with Crippen molar-refractivity contribution in [3.63, 3.8) is 0 Å². The number of anilines is 1. The van der Waals surface area contributed by atoms with Crippen LogP contribution in [0.3, 0.4) is 0 Å². The molecule has 8 nitrogen and oxygen atoms in total. The number of rotatable bonds is 4. The van der Waals surface area contributed by atoms with Gasteiger partial charge in [0.15, 0.2) is 0 Å². The van der Waals surface area contributed by atoms with E-state index in [-0.39, 0.29) is 16.5 Å². The average Bonchev–Trinajstić information content (AvgIpc) is 3.00. The molecule has 0 saturated heterocycles. The fraction of sp³-hybridized carbons (Fsp3) is 0.167. The molecule has 0 aliphatic rings. The number of carbonyl (C=O) groups excluding carboxylic acids is 1. The number of nitrogens with zero attached hydrogens (tertiary/aromatic N) is 3. The van der Waals surface area contributed by atoms with Gasteiger partial charge in [0.2, 0.25) is 15.8 Å². The zero-order chi connectivity index (χ0) is 20.6. The summed E-state index contributed by atoms with van der Waals surface area (Å²) in [6.45, 7) is 5.11. The van der Waals surface area contributed by atoms with E-state index in [0.29, 0.717) is 28.3 Å². The van der Waals surface area contributed by atoms with Crippen molar-refractivity contribution < 1.29 is 17.6 Å². The number of aryl methyl sites for hydroxylation is 2. The zero-order valence-electron chi connectivity index (χ0n) is 15.4. The standard InChI is InChI=1S/C18H18FN5O3S/c1-10-8-15(28(20,26)27)9-16(11(10)2)22-18(25)17-21-12(3)24(23-17)14-6-4-13(19)5-7-14/h4-9H,1-3H3,(H,22,25)(H2,20,26,27). The molecular weight excluding hydrogens is 385 g/mol. The number of halogens is 1. The molecule has 10 heteroatoms. The average molecular weight is 403 g/mol. The first-order valence-corrected chi connectivity index (χ1v) is 9.76. The van der Waals surface area contributed by atoms with Crippen LogP contribution < -0.4 is 10.5 Å². The van der Waals surface area contributed by atoms with Crippen LogP contribution in [0.4, 0.5) is 10.1 Å². The zero-order valence-corrected chi connectivity index (χ0v) is 16.2. The fourth-order valence-corrected chi connectivity index (χ4v) is 3.23. The first-order valence-electron chi connectivity index (χ1n) is 8.21. The van der Waals surface area contributed by atoms with Crippen LogP contribution in [0.15, 0.2) is 41.3 Å². The maximum atomic E-state index is 13.1. The van der Waals surface area contributed by atoms with E-state index in [9.17, 15) is 17.6 Å². The van der Waals surface area contributed by atoms with Crippen molar-refractivity contribution >= 4 is 21.6 Å². The van der Waals surface area contributed by atoms with E-state index >= 15 is 0 Å². The van der Waals surface area contributed by atoms with E-state index in [2.05, 4.69) is 15.4 Å². The Morgan fingerprint density at radius 1 is 1.14 bits per heavy atom. The van der Waals surface area contributed by atoms with Gasteiger partial charge in [-0.3, -0.25) is 4.79 Å². The predicted octanol–water partition coefficient (Wildman–Crippen LogP) is 2.23. The number of nitrogens with one attached hydrogen (secondary N) is 1. The van der Waals surface area contributed by atoms with E-state index < -0.39 is 15.9 Å². The maximum Gasteiger partial charge on any atom is 0.295 e. The summed E-state index contributed by atoms with van der Waals surface area (Å²) in [6.07, 6.45) is 0. The first-order chi connectivity index (χ1) is 13.1. The molecule has 1 heterocycles. The van der Waals surface area contributed by atoms with Crippen molar-refractivity contribution in [2.45, 2.75) is 25.7 Å². The smallest absolute Gasteiger partial charge is 0.295 e. The Labute approximate surface area is 161 Å². The van der Waals surface area contributed by atoms with Crippen molar-refractivity contribution in [2.24, 2.45) is 5.14 Å². The summed E-state index contributed by atoms with van der Waals surface area (Å²) in [5.41, 5.74) is 2.19. The Balaban J connectivity index is 1.93. The van der Waals surface area contributed by atoms with Crippen LogP contribution in [0.5, 0.6) is 0 Å². The topological polar surface area (TPSA) is 120 Å². The monoisotopic (exact) mass is 403 g/mol. The highest BCUT2D eigenvalue weighted by Crippen LogP contribution is 2.24. The highest BCUT2D eigenvalue weighted by atomic mass is 32.2. The van der Waals surface area contributed by atoms with E-state index in [1.807, 2.05) is 0 Å². The second kappa shape index (κ2) is 7.13. The molecule has 1 amide bonds. The number of nitrogens with two attached hydrogens (primary N) is 1. The molecule has 1 aromatic heterocycles. The largest absolute Gasteiger partial charge is 0.319 e. The van der Waals surface area contributed by atoms with Gasteiger partial charge in [0.1, 0.15) is 11.6 Å². The van der Waals surface area contributed by atoms with E-state index in [1.165, 1.54) is 41.1 Å². The summed E-state index contributed by atoms with van der Waals surface area (Å²) in [5, 5.41) is 12.0. The number of hydrogen-bond acceptors (Lipinski definition) is 5. The predicted molar refractivity (Wildman–Crippen MR) is 101 cm³/mol. The van der Waals surface area contributed by atoms with Crippen LogP contribution in [0.1, 0.15) is 27.6 Å². The third-order valence-corrected chi connectivity index (χ3v) is 5.15. The van der Waals surface area contributed by atoms with Crippen LogP contribution in [-0.2, 0) is 10.0 Å². The number of aromatic nitrogens is 3. The van der Waals surface area contributed by atoms with Gasteiger partial charge in [-0.1, -0.05) is 0 Å². The number of sulfonamides is 1. The number of carbonyl (C=O) groups is 1. The Bertz CT molecular complexity index is 1170. The van der Waals surface area contributed by atoms with Gasteiger partial charge in [0.05, 0.1) is 10.6 Å². The Kier molecular flexibility index (Phi) is 5.01. The lowest BCUT2D eigenvalue weighted by Crippen LogP contribution is -2.17. The van der Waals surface area contributed by atoms with Gasteiger partial charge in [-0.15, -0.1) is 5.10 Å². The quantitative estimate of drug-likeness (QED) is 0.692. The summed E-state index contributed by atoms with van der Waals surface area (Å²) in [6, 6.07) is 8.32. The lowest BCUT2D eigenvalue weighted by molar-refractivity contribution is 0.101. The summed E-state index contributed by atoms with van der Waals surface area (Å²) >= 11 is 0. The molecule has 0 fully saturated rings. The summed E-state index contributed by atoms with van der Waals surface area (Å²) < 4.78 is 37.8. The first kappa shape index (κ1) is 19.6. The normalized spacial score (nSPS) is 11.5. The van der Waals surface area contributed by atoms with Gasteiger partial charge >= 0.3 is 0 Å². The summed E-state index contributed by atoms with van der Waals surface area (Å²) in [7, 11) is -3.92. The third-order valence-electron chi connectivity index (χ3n) is 4.26. The number of amides is 1. The molecule has 2 aromatic carbocycles. The van der Waals surface area contributed by atoms with Crippen LogP contribution in [0.25, 0.3) is 5.69 Å². The van der Waals surface area contributed by atoms with Crippen molar-refractivity contribution in [3.05, 3.63) is 65.0 Å². The van der Waals surface area contributed by atoms with E-state index in [1.54, 1.807) is 20.8 Å². The second-order valence-electron chi connectivity index (χ2n) is 6.28. The van der Waals surface area contributed by atoms with Gasteiger partial charge in [-0.2, -0.15) is 0 Å². The molecule has 0 saturated carbocycles. The molecule has 0 unspecified atom stereocenters. The lowest BCUT2D eigenvalue weighted by atomic mass is 10.1. The van der Waals surface area contributed by atoms with Crippen molar-refractivity contribution in [3.8, 4) is 5.69 Å². The van der Waals surface area contributed by atoms with E-state index in [4.69, 9.17) is 5.14 Å². The van der Waals surface area contributed by atoms with Crippen molar-refractivity contribution in [1.82, 2.24) is 14.8 Å². The molecule has 0 aliphatic carbocycles. The van der Waals surface area contributed by atoms with Crippen LogP contribution in [0.2, 0.25) is 0 Å². The lowest BCUT2D eigenvalue weighted by Gasteiger charge is -2.11. The van der Waals surface area contributed by atoms with Gasteiger partial charge in [-0.25, -0.2) is 27.6 Å². The van der Waals surface area contributed by atoms with Gasteiger partial charge in [0.25, 0.3) is 5.91 Å². The molecule has 0 bridgehead atoms. The van der Waals surface area contributed by atoms with Crippen molar-refractivity contribution in [1.29, 1.82) is 0 Å². The number of hydrogen-bond donors (Lipinski definition) is 2. The van der Waals surface area contributed by atoms with Crippen molar-refractivity contribution in [2.75, 3.05) is 5.32 Å². The Hall–Kier alpha value is -3.11. The molecule has 0 spiro atoms. The molecule has 3 rings (SSSR count). The molecule has 0 aliphatic heterocycles. The fourth-order valence-electron chi connectivity index (χ4n) is 2.61. The molecule has 28 heavy (non-hydrogen) atoms. The highest BCUT2D eigenvalue weighted by Gasteiger charge is 2.19. The molecule has 146 valence electrons. The van der Waals surface area contributed by atoms with Gasteiger partial charge < -0.3 is 5.32 Å². The Morgan fingerprint density at radius 3 is 2.39 bits per heavy atom. The summed E-state index contributed by atoms with van der Waals surface area (Å²) in [5.74, 6) is -0.680. The SMILES string of the molecule is Cc1cc(S(N)(=O)=O)cc(NC(=O)c2nc(C)n(-c3ccc(F)cc3)n2)c1C. The second-order valence-corrected chi connectivity index (χ2v) is 7.84. The highest BCUT2D eigenvalue weighted by molar-refractivity contribution is 7.89. The van der Waals surface area contributed by atoms with Crippen LogP contribution in [-0.4, -0.2) is 29.1 Å². The Morgan fingerprint density at radius 2 is 1.79 bits per heavy atom.